The van der Waals surface area contributed by atoms with Crippen molar-refractivity contribution in [3.8, 4) is 17.2 Å². The van der Waals surface area contributed by atoms with Gasteiger partial charge in [0.15, 0.2) is 11.5 Å². The maximum atomic E-state index is 13.2. The molecule has 8 nitrogen and oxygen atoms in total. The molecule has 2 N–H and O–H groups in total. The predicted molar refractivity (Wildman–Crippen MR) is 128 cm³/mol. The van der Waals surface area contributed by atoms with Crippen LogP contribution in [0.4, 0.5) is 0 Å². The predicted octanol–water partition coefficient (Wildman–Crippen LogP) is 4.34. The Bertz CT molecular complexity index is 1140. The number of rotatable bonds is 10. The van der Waals surface area contributed by atoms with Crippen molar-refractivity contribution in [3.05, 3.63) is 83.4 Å². The van der Waals surface area contributed by atoms with Crippen LogP contribution in [0.5, 0.6) is 17.2 Å². The average molecular weight is 465 g/mol. The first kappa shape index (κ1) is 24.4. The number of hydrogen-bond donors (Lipinski definition) is 2. The van der Waals surface area contributed by atoms with Gasteiger partial charge in [-0.2, -0.15) is 0 Å². The molecule has 1 aromatic heterocycles. The summed E-state index contributed by atoms with van der Waals surface area (Å²) in [5.74, 6) is 1.32. The molecule has 8 heteroatoms. The van der Waals surface area contributed by atoms with E-state index in [4.69, 9.17) is 18.6 Å². The molecule has 0 aliphatic heterocycles. The topological polar surface area (TPSA) is 99.0 Å². The van der Waals surface area contributed by atoms with E-state index in [1.54, 1.807) is 63.8 Å². The molecular weight excluding hydrogens is 436 g/mol. The quantitative estimate of drug-likeness (QED) is 0.433. The largest absolute Gasteiger partial charge is 0.497 e. The van der Waals surface area contributed by atoms with E-state index in [1.165, 1.54) is 12.3 Å². The molecule has 1 heterocycles. The molecule has 0 aliphatic carbocycles. The zero-order valence-corrected chi connectivity index (χ0v) is 19.6. The van der Waals surface area contributed by atoms with Gasteiger partial charge < -0.3 is 29.3 Å². The van der Waals surface area contributed by atoms with Crippen LogP contribution in [0.25, 0.3) is 6.08 Å². The second-order valence-electron chi connectivity index (χ2n) is 7.30. The van der Waals surface area contributed by atoms with Gasteiger partial charge in [-0.15, -0.1) is 0 Å². The lowest BCUT2D eigenvalue weighted by Gasteiger charge is -2.20. The number of hydrogen-bond acceptors (Lipinski definition) is 6. The van der Waals surface area contributed by atoms with Crippen LogP contribution in [-0.2, 0) is 4.79 Å². The molecule has 0 aliphatic rings. The number of ether oxygens (including phenoxy) is 3. The summed E-state index contributed by atoms with van der Waals surface area (Å²) in [7, 11) is 4.67. The average Bonchev–Trinajstić information content (AvgIpc) is 3.39. The van der Waals surface area contributed by atoms with E-state index >= 15 is 0 Å². The number of amides is 2. The van der Waals surface area contributed by atoms with Crippen molar-refractivity contribution in [2.45, 2.75) is 19.4 Å². The van der Waals surface area contributed by atoms with Crippen molar-refractivity contribution < 1.29 is 28.2 Å². The minimum Gasteiger partial charge on any atom is -0.497 e. The summed E-state index contributed by atoms with van der Waals surface area (Å²) in [5, 5.41) is 5.67. The van der Waals surface area contributed by atoms with Crippen molar-refractivity contribution >= 4 is 17.9 Å². The van der Waals surface area contributed by atoms with Gasteiger partial charge in [0.25, 0.3) is 11.8 Å². The molecule has 0 spiro atoms. The number of nitrogens with one attached hydrogen (secondary N) is 2. The molecule has 0 bridgehead atoms. The van der Waals surface area contributed by atoms with Crippen LogP contribution in [-0.4, -0.2) is 33.1 Å². The lowest BCUT2D eigenvalue weighted by Crippen LogP contribution is -2.36. The minimum absolute atomic E-state index is 0.0506. The highest BCUT2D eigenvalue weighted by atomic mass is 16.5. The fourth-order valence-electron chi connectivity index (χ4n) is 3.34. The summed E-state index contributed by atoms with van der Waals surface area (Å²) in [5.41, 5.74) is 1.27. The molecule has 0 radical (unpaired) electrons. The normalized spacial score (nSPS) is 11.9. The van der Waals surface area contributed by atoms with Gasteiger partial charge in [0.2, 0.25) is 0 Å². The number of carbonyl (C=O) groups is 2. The molecule has 2 amide bonds. The first-order valence-electron chi connectivity index (χ1n) is 10.7. The first-order chi connectivity index (χ1) is 16.5. The number of carbonyl (C=O) groups excluding carboxylic acids is 2. The fourth-order valence-corrected chi connectivity index (χ4v) is 3.34. The molecule has 0 saturated carbocycles. The van der Waals surface area contributed by atoms with Crippen molar-refractivity contribution in [3.63, 3.8) is 0 Å². The monoisotopic (exact) mass is 464 g/mol. The zero-order chi connectivity index (χ0) is 24.5. The first-order valence-corrected chi connectivity index (χ1v) is 10.7. The highest BCUT2D eigenvalue weighted by molar-refractivity contribution is 6.05. The van der Waals surface area contributed by atoms with Gasteiger partial charge in [-0.05, 0) is 60.5 Å². The third-order valence-electron chi connectivity index (χ3n) is 5.20. The second kappa shape index (κ2) is 11.6. The molecule has 3 aromatic rings. The van der Waals surface area contributed by atoms with Crippen LogP contribution in [0.2, 0.25) is 0 Å². The molecule has 0 fully saturated rings. The van der Waals surface area contributed by atoms with Gasteiger partial charge in [-0.25, -0.2) is 0 Å². The molecule has 2 aromatic carbocycles. The van der Waals surface area contributed by atoms with Crippen LogP contribution < -0.4 is 24.8 Å². The summed E-state index contributed by atoms with van der Waals surface area (Å²) in [6.45, 7) is 1.95. The highest BCUT2D eigenvalue weighted by Crippen LogP contribution is 2.31. The van der Waals surface area contributed by atoms with Crippen LogP contribution >= 0.6 is 0 Å². The summed E-state index contributed by atoms with van der Waals surface area (Å²) in [6, 6.07) is 15.1. The molecule has 1 atom stereocenters. The van der Waals surface area contributed by atoms with E-state index in [0.29, 0.717) is 35.0 Å². The van der Waals surface area contributed by atoms with Gasteiger partial charge >= 0.3 is 0 Å². The summed E-state index contributed by atoms with van der Waals surface area (Å²) in [4.78, 5) is 26.1. The summed E-state index contributed by atoms with van der Waals surface area (Å²) in [6.07, 6.45) is 3.59. The lowest BCUT2D eigenvalue weighted by molar-refractivity contribution is -0.118. The Balaban J connectivity index is 1.84. The van der Waals surface area contributed by atoms with E-state index in [2.05, 4.69) is 10.6 Å². The van der Waals surface area contributed by atoms with E-state index < -0.39 is 11.8 Å². The molecule has 0 unspecified atom stereocenters. The van der Waals surface area contributed by atoms with Gasteiger partial charge in [-0.3, -0.25) is 9.59 Å². The zero-order valence-electron chi connectivity index (χ0n) is 19.6. The number of methoxy groups -OCH3 is 3. The highest BCUT2D eigenvalue weighted by Gasteiger charge is 2.20. The SMILES string of the molecule is CC[C@H](NC(=O)/C(=C/c1ccco1)NC(=O)c1ccc(OC)cc1)c1ccc(OC)c(OC)c1. The standard InChI is InChI=1S/C26H28N2O6/c1-5-21(18-10-13-23(32-3)24(15-18)33-4)27-26(30)22(16-20-7-6-14-34-20)28-25(29)17-8-11-19(31-2)12-9-17/h6-16,21H,5H2,1-4H3,(H,27,30)(H,28,29)/b22-16-/t21-/m0/s1. The van der Waals surface area contributed by atoms with E-state index in [-0.39, 0.29) is 11.7 Å². The summed E-state index contributed by atoms with van der Waals surface area (Å²) < 4.78 is 21.2. The molecular formula is C26H28N2O6. The Morgan fingerprint density at radius 3 is 2.29 bits per heavy atom. The summed E-state index contributed by atoms with van der Waals surface area (Å²) >= 11 is 0. The fraction of sp³-hybridized carbons (Fsp3) is 0.231. The van der Waals surface area contributed by atoms with Gasteiger partial charge in [-0.1, -0.05) is 13.0 Å². The van der Waals surface area contributed by atoms with E-state index in [1.807, 2.05) is 19.1 Å². The Morgan fingerprint density at radius 2 is 1.71 bits per heavy atom. The maximum absolute atomic E-state index is 13.2. The number of furan rings is 1. The Hall–Kier alpha value is -4.20. The van der Waals surface area contributed by atoms with Crippen LogP contribution in [0, 0.1) is 0 Å². The Morgan fingerprint density at radius 1 is 0.971 bits per heavy atom. The molecule has 34 heavy (non-hydrogen) atoms. The van der Waals surface area contributed by atoms with Gasteiger partial charge in [0, 0.05) is 11.6 Å². The van der Waals surface area contributed by atoms with Crippen molar-refractivity contribution in [1.82, 2.24) is 10.6 Å². The van der Waals surface area contributed by atoms with Crippen LogP contribution in [0.3, 0.4) is 0 Å². The van der Waals surface area contributed by atoms with Gasteiger partial charge in [0.1, 0.15) is 17.2 Å². The van der Waals surface area contributed by atoms with Crippen LogP contribution in [0.15, 0.2) is 71.0 Å². The minimum atomic E-state index is -0.458. The Labute approximate surface area is 198 Å². The van der Waals surface area contributed by atoms with Crippen molar-refractivity contribution in [1.29, 1.82) is 0 Å². The smallest absolute Gasteiger partial charge is 0.268 e. The third-order valence-corrected chi connectivity index (χ3v) is 5.20. The van der Waals surface area contributed by atoms with E-state index in [9.17, 15) is 9.59 Å². The number of benzene rings is 2. The van der Waals surface area contributed by atoms with E-state index in [0.717, 1.165) is 5.56 Å². The maximum Gasteiger partial charge on any atom is 0.268 e. The van der Waals surface area contributed by atoms with Crippen molar-refractivity contribution in [2.24, 2.45) is 0 Å². The second-order valence-corrected chi connectivity index (χ2v) is 7.30. The molecule has 3 rings (SSSR count). The third kappa shape index (κ3) is 5.98. The van der Waals surface area contributed by atoms with Crippen molar-refractivity contribution in [2.75, 3.05) is 21.3 Å². The molecule has 0 saturated heterocycles. The van der Waals surface area contributed by atoms with Crippen LogP contribution in [0.1, 0.15) is 41.1 Å². The molecule has 178 valence electrons. The van der Waals surface area contributed by atoms with Gasteiger partial charge in [0.05, 0.1) is 33.6 Å². The Kier molecular flexibility index (Phi) is 8.34. The lowest BCUT2D eigenvalue weighted by atomic mass is 10.0.